The second-order valence-corrected chi connectivity index (χ2v) is 11.0. The zero-order valence-corrected chi connectivity index (χ0v) is 23.1. The summed E-state index contributed by atoms with van der Waals surface area (Å²) in [7, 11) is 0. The first kappa shape index (κ1) is 27.3. The molecule has 2 aliphatic rings. The Bertz CT molecular complexity index is 1290. The average Bonchev–Trinajstić information content (AvgIpc) is 3.69. The minimum atomic E-state index is -0.751. The summed E-state index contributed by atoms with van der Waals surface area (Å²) in [5.41, 5.74) is 2.06. The second kappa shape index (κ2) is 12.3. The fourth-order valence-corrected chi connectivity index (χ4v) is 5.06. The van der Waals surface area contributed by atoms with E-state index < -0.39 is 12.0 Å². The lowest BCUT2D eigenvalue weighted by molar-refractivity contribution is -0.149. The summed E-state index contributed by atoms with van der Waals surface area (Å²) in [6.45, 7) is 4.87. The molecule has 0 bridgehead atoms. The van der Waals surface area contributed by atoms with Crippen molar-refractivity contribution in [3.63, 3.8) is 0 Å². The van der Waals surface area contributed by atoms with Crippen molar-refractivity contribution in [1.82, 2.24) is 24.8 Å². The number of rotatable bonds is 11. The molecule has 1 aromatic carbocycles. The lowest BCUT2D eigenvalue weighted by atomic mass is 10.0. The van der Waals surface area contributed by atoms with Crippen LogP contribution in [0.3, 0.4) is 0 Å². The van der Waals surface area contributed by atoms with E-state index in [1.807, 2.05) is 53.6 Å². The summed E-state index contributed by atoms with van der Waals surface area (Å²) < 4.78 is 13.4. The second-order valence-electron chi connectivity index (χ2n) is 10.7. The van der Waals surface area contributed by atoms with Crippen molar-refractivity contribution in [2.75, 3.05) is 18.1 Å². The number of hydrogen-bond donors (Lipinski definition) is 1. The van der Waals surface area contributed by atoms with Gasteiger partial charge in [0.2, 0.25) is 11.2 Å². The van der Waals surface area contributed by atoms with E-state index in [2.05, 4.69) is 20.3 Å². The van der Waals surface area contributed by atoms with Crippen LogP contribution in [0.1, 0.15) is 64.2 Å². The van der Waals surface area contributed by atoms with Crippen LogP contribution in [0.4, 0.5) is 5.82 Å². The standard InChI is InChI=1S/C28H35ClN6O4/c1-18(2)14-21(27(37)39-16-19-8-4-3-5-9-19)31-22(36)15-34(20-11-12-20)25-24-26(33-28(29)32-25)35(17-30-24)23-10-6-7-13-38-23/h3-5,8-9,17-18,20-21,23H,6-7,10-16H2,1-2H3,(H,31,36)/t21-,23?/m0/s1. The topological polar surface area (TPSA) is 111 Å². The Hall–Kier alpha value is -3.24. The zero-order valence-electron chi connectivity index (χ0n) is 22.4. The molecule has 1 unspecified atom stereocenters. The van der Waals surface area contributed by atoms with Crippen LogP contribution in [0.25, 0.3) is 11.2 Å². The fourth-order valence-electron chi connectivity index (χ4n) is 4.90. The van der Waals surface area contributed by atoms with Crippen molar-refractivity contribution < 1.29 is 19.1 Å². The number of imidazole rings is 1. The minimum absolute atomic E-state index is 0.0143. The Kier molecular flexibility index (Phi) is 8.62. The molecular weight excluding hydrogens is 520 g/mol. The van der Waals surface area contributed by atoms with Gasteiger partial charge in [-0.3, -0.25) is 9.36 Å². The Morgan fingerprint density at radius 2 is 1.97 bits per heavy atom. The number of nitrogens with one attached hydrogen (secondary N) is 1. The number of hydrogen-bond acceptors (Lipinski definition) is 8. The summed E-state index contributed by atoms with van der Waals surface area (Å²) in [4.78, 5) is 41.7. The van der Waals surface area contributed by atoms with Crippen molar-refractivity contribution in [3.05, 3.63) is 47.5 Å². The molecule has 0 radical (unpaired) electrons. The van der Waals surface area contributed by atoms with E-state index >= 15 is 0 Å². The van der Waals surface area contributed by atoms with E-state index in [0.717, 1.165) is 37.7 Å². The van der Waals surface area contributed by atoms with Crippen LogP contribution in [-0.2, 0) is 25.7 Å². The third kappa shape index (κ3) is 6.86. The molecule has 1 aliphatic heterocycles. The number of amides is 1. The monoisotopic (exact) mass is 554 g/mol. The van der Waals surface area contributed by atoms with Gasteiger partial charge in [-0.1, -0.05) is 44.2 Å². The number of benzene rings is 1. The fraction of sp³-hybridized carbons (Fsp3) is 0.536. The normalized spacial score (nSPS) is 18.2. The number of fused-ring (bicyclic) bond motifs is 1. The number of ether oxygens (including phenoxy) is 2. The van der Waals surface area contributed by atoms with Crippen LogP contribution in [0.5, 0.6) is 0 Å². The molecule has 1 amide bonds. The largest absolute Gasteiger partial charge is 0.459 e. The lowest BCUT2D eigenvalue weighted by Crippen LogP contribution is -2.47. The van der Waals surface area contributed by atoms with Crippen molar-refractivity contribution in [2.24, 2.45) is 5.92 Å². The molecule has 39 heavy (non-hydrogen) atoms. The number of halogens is 1. The lowest BCUT2D eigenvalue weighted by Gasteiger charge is -2.26. The van der Waals surface area contributed by atoms with Crippen LogP contribution < -0.4 is 10.2 Å². The molecule has 2 atom stereocenters. The van der Waals surface area contributed by atoms with Gasteiger partial charge in [0.1, 0.15) is 18.9 Å². The summed E-state index contributed by atoms with van der Waals surface area (Å²) in [5.74, 6) is -0.0330. The van der Waals surface area contributed by atoms with Gasteiger partial charge in [0.05, 0.1) is 12.9 Å². The third-order valence-corrected chi connectivity index (χ3v) is 7.14. The highest BCUT2D eigenvalue weighted by molar-refractivity contribution is 6.28. The van der Waals surface area contributed by atoms with Crippen LogP contribution >= 0.6 is 11.6 Å². The average molecular weight is 555 g/mol. The molecule has 1 saturated heterocycles. The summed E-state index contributed by atoms with van der Waals surface area (Å²) in [6.07, 6.45) is 6.85. The molecule has 2 fully saturated rings. The summed E-state index contributed by atoms with van der Waals surface area (Å²) >= 11 is 6.37. The van der Waals surface area contributed by atoms with Gasteiger partial charge in [-0.15, -0.1) is 0 Å². The maximum absolute atomic E-state index is 13.3. The number of nitrogens with zero attached hydrogens (tertiary/aromatic N) is 5. The Balaban J connectivity index is 1.32. The number of anilines is 1. The van der Waals surface area contributed by atoms with E-state index in [0.29, 0.717) is 30.0 Å². The summed E-state index contributed by atoms with van der Waals surface area (Å²) in [5, 5.41) is 3.00. The van der Waals surface area contributed by atoms with Crippen molar-refractivity contribution >= 4 is 40.5 Å². The molecule has 2 aromatic heterocycles. The van der Waals surface area contributed by atoms with E-state index in [9.17, 15) is 9.59 Å². The molecule has 10 nitrogen and oxygen atoms in total. The number of aromatic nitrogens is 4. The predicted molar refractivity (Wildman–Crippen MR) is 147 cm³/mol. The first-order valence-electron chi connectivity index (χ1n) is 13.7. The SMILES string of the molecule is CC(C)C[C@H](NC(=O)CN(c1nc(Cl)nc2c1ncn2C1CCCCO1)C1CC1)C(=O)OCc1ccccc1. The van der Waals surface area contributed by atoms with Crippen LogP contribution in [-0.4, -0.2) is 56.6 Å². The van der Waals surface area contributed by atoms with E-state index in [1.54, 1.807) is 6.33 Å². The molecular formula is C28H35ClN6O4. The highest BCUT2D eigenvalue weighted by Gasteiger charge is 2.35. The zero-order chi connectivity index (χ0) is 27.4. The molecule has 1 N–H and O–H groups in total. The quantitative estimate of drug-likeness (QED) is 0.274. The van der Waals surface area contributed by atoms with Gasteiger partial charge >= 0.3 is 5.97 Å². The first-order valence-corrected chi connectivity index (χ1v) is 14.0. The van der Waals surface area contributed by atoms with E-state index in [4.69, 9.17) is 21.1 Å². The predicted octanol–water partition coefficient (Wildman–Crippen LogP) is 4.42. The highest BCUT2D eigenvalue weighted by atomic mass is 35.5. The number of carbonyl (C=O) groups excluding carboxylic acids is 2. The number of carbonyl (C=O) groups is 2. The van der Waals surface area contributed by atoms with Gasteiger partial charge in [0.15, 0.2) is 17.0 Å². The first-order chi connectivity index (χ1) is 18.9. The van der Waals surface area contributed by atoms with Crippen LogP contribution in [0.15, 0.2) is 36.7 Å². The van der Waals surface area contributed by atoms with Crippen molar-refractivity contribution in [3.8, 4) is 0 Å². The smallest absolute Gasteiger partial charge is 0.328 e. The Morgan fingerprint density at radius 3 is 2.67 bits per heavy atom. The van der Waals surface area contributed by atoms with E-state index in [-0.39, 0.29) is 42.5 Å². The van der Waals surface area contributed by atoms with Gasteiger partial charge in [-0.2, -0.15) is 9.97 Å². The van der Waals surface area contributed by atoms with Crippen LogP contribution in [0, 0.1) is 5.92 Å². The Morgan fingerprint density at radius 1 is 1.18 bits per heavy atom. The molecule has 1 saturated carbocycles. The van der Waals surface area contributed by atoms with Gasteiger partial charge in [-0.05, 0) is 61.6 Å². The molecule has 11 heteroatoms. The molecule has 208 valence electrons. The Labute approximate surface area is 233 Å². The minimum Gasteiger partial charge on any atom is -0.459 e. The summed E-state index contributed by atoms with van der Waals surface area (Å²) in [6, 6.07) is 8.87. The molecule has 5 rings (SSSR count). The molecule has 3 aromatic rings. The molecule has 0 spiro atoms. The maximum Gasteiger partial charge on any atom is 0.328 e. The maximum atomic E-state index is 13.3. The van der Waals surface area contributed by atoms with Gasteiger partial charge in [-0.25, -0.2) is 9.78 Å². The van der Waals surface area contributed by atoms with Gasteiger partial charge in [0, 0.05) is 12.6 Å². The highest BCUT2D eigenvalue weighted by Crippen LogP contribution is 2.35. The van der Waals surface area contributed by atoms with Crippen molar-refractivity contribution in [2.45, 2.75) is 77.3 Å². The number of esters is 1. The van der Waals surface area contributed by atoms with Crippen LogP contribution in [0.2, 0.25) is 5.28 Å². The van der Waals surface area contributed by atoms with Gasteiger partial charge in [0.25, 0.3) is 0 Å². The molecule has 3 heterocycles. The van der Waals surface area contributed by atoms with Crippen molar-refractivity contribution in [1.29, 1.82) is 0 Å². The van der Waals surface area contributed by atoms with E-state index in [1.165, 1.54) is 0 Å². The molecule has 1 aliphatic carbocycles. The van der Waals surface area contributed by atoms with Gasteiger partial charge < -0.3 is 19.7 Å². The third-order valence-electron chi connectivity index (χ3n) is 6.97.